The van der Waals surface area contributed by atoms with Crippen LogP contribution in [0.25, 0.3) is 0 Å². The van der Waals surface area contributed by atoms with Gasteiger partial charge in [-0.15, -0.1) is 0 Å². The van der Waals surface area contributed by atoms with Gasteiger partial charge in [0.25, 0.3) is 0 Å². The smallest absolute Gasteiger partial charge is 0.233 e. The molecule has 0 aliphatic carbocycles. The van der Waals surface area contributed by atoms with Crippen molar-refractivity contribution in [1.29, 1.82) is 0 Å². The number of rotatable bonds is 3. The summed E-state index contributed by atoms with van der Waals surface area (Å²) in [5.41, 5.74) is 0.928. The van der Waals surface area contributed by atoms with Gasteiger partial charge in [-0.05, 0) is 12.6 Å². The fraction of sp³-hybridized carbons (Fsp3) is 0.500. The van der Waals surface area contributed by atoms with Crippen LogP contribution in [0.4, 0.5) is 0 Å². The molecule has 1 fully saturated rings. The van der Waals surface area contributed by atoms with E-state index in [1.807, 2.05) is 42.3 Å². The number of benzene rings is 1. The molecule has 1 aromatic rings. The highest BCUT2D eigenvalue weighted by Gasteiger charge is 2.47. The third-order valence-corrected chi connectivity index (χ3v) is 3.51. The van der Waals surface area contributed by atoms with E-state index in [0.717, 1.165) is 5.56 Å². The summed E-state index contributed by atoms with van der Waals surface area (Å²) in [5.74, 6) is -0.235. The third-order valence-electron chi connectivity index (χ3n) is 3.51. The second-order valence-electron chi connectivity index (χ2n) is 4.48. The Labute approximate surface area is 99.8 Å². The first-order valence-corrected chi connectivity index (χ1v) is 5.64. The highest BCUT2D eigenvalue weighted by molar-refractivity contribution is 5.24. The molecule has 5 nitrogen and oxygen atoms in total. The lowest BCUT2D eigenvalue weighted by atomic mass is 9.89. The van der Waals surface area contributed by atoms with Crippen molar-refractivity contribution in [2.24, 2.45) is 0 Å². The first-order valence-electron chi connectivity index (χ1n) is 5.64. The molecule has 1 aliphatic heterocycles. The number of aliphatic hydroxyl groups excluding tert-OH is 1. The van der Waals surface area contributed by atoms with Gasteiger partial charge in [-0.1, -0.05) is 30.3 Å². The minimum absolute atomic E-state index is 0.0552. The van der Waals surface area contributed by atoms with Crippen molar-refractivity contribution in [3.8, 4) is 0 Å². The molecule has 92 valence electrons. The average molecular weight is 236 g/mol. The number of nitrogens with zero attached hydrogens (tertiary/aromatic N) is 2. The lowest BCUT2D eigenvalue weighted by Crippen LogP contribution is -2.32. The Morgan fingerprint density at radius 1 is 1.47 bits per heavy atom. The van der Waals surface area contributed by atoms with Crippen molar-refractivity contribution in [2.75, 3.05) is 20.2 Å². The van der Waals surface area contributed by atoms with Gasteiger partial charge in [-0.2, -0.15) is 0 Å². The fourth-order valence-electron chi connectivity index (χ4n) is 2.64. The quantitative estimate of drug-likeness (QED) is 0.620. The number of hydrogen-bond donors (Lipinski definition) is 1. The maximum Gasteiger partial charge on any atom is 0.233 e. The maximum atomic E-state index is 11.1. The Bertz CT molecular complexity index is 396. The molecule has 1 heterocycles. The van der Waals surface area contributed by atoms with Crippen LogP contribution in [0.5, 0.6) is 0 Å². The average Bonchev–Trinajstić information content (AvgIpc) is 2.67. The molecule has 0 saturated carbocycles. The van der Waals surface area contributed by atoms with Gasteiger partial charge in [0, 0.05) is 11.0 Å². The molecule has 17 heavy (non-hydrogen) atoms. The lowest BCUT2D eigenvalue weighted by molar-refractivity contribution is -0.521. The molecule has 5 heteroatoms. The fourth-order valence-corrected chi connectivity index (χ4v) is 2.64. The Kier molecular flexibility index (Phi) is 3.40. The van der Waals surface area contributed by atoms with Crippen molar-refractivity contribution >= 4 is 0 Å². The summed E-state index contributed by atoms with van der Waals surface area (Å²) in [4.78, 5) is 12.7. The zero-order valence-electron chi connectivity index (χ0n) is 9.69. The Morgan fingerprint density at radius 2 is 2.12 bits per heavy atom. The molecule has 0 radical (unpaired) electrons. The second-order valence-corrected chi connectivity index (χ2v) is 4.48. The van der Waals surface area contributed by atoms with E-state index in [9.17, 15) is 15.2 Å². The zero-order valence-corrected chi connectivity index (χ0v) is 9.69. The van der Waals surface area contributed by atoms with E-state index in [1.54, 1.807) is 0 Å². The summed E-state index contributed by atoms with van der Waals surface area (Å²) in [6.07, 6.45) is 0. The minimum Gasteiger partial charge on any atom is -0.395 e. The predicted molar refractivity (Wildman–Crippen MR) is 63.5 cm³/mol. The molecule has 0 amide bonds. The van der Waals surface area contributed by atoms with Gasteiger partial charge < -0.3 is 5.11 Å². The van der Waals surface area contributed by atoms with Crippen molar-refractivity contribution in [2.45, 2.75) is 18.0 Å². The van der Waals surface area contributed by atoms with E-state index in [4.69, 9.17) is 0 Å². The Morgan fingerprint density at radius 3 is 2.65 bits per heavy atom. The van der Waals surface area contributed by atoms with Gasteiger partial charge in [-0.3, -0.25) is 15.0 Å². The molecule has 0 spiro atoms. The highest BCUT2D eigenvalue weighted by Crippen LogP contribution is 2.34. The van der Waals surface area contributed by atoms with Crippen molar-refractivity contribution in [3.63, 3.8) is 0 Å². The van der Waals surface area contributed by atoms with Crippen LogP contribution < -0.4 is 0 Å². The molecule has 1 aromatic carbocycles. The van der Waals surface area contributed by atoms with Crippen LogP contribution in [0, 0.1) is 10.1 Å². The van der Waals surface area contributed by atoms with Crippen molar-refractivity contribution in [3.05, 3.63) is 46.0 Å². The molecule has 1 aliphatic rings. The standard InChI is InChI=1S/C12H16N2O3/c1-13-7-10(14(16)17)12(11(13)8-15)9-5-3-2-4-6-9/h2-6,10-12,15H,7-8H2,1H3/t10-,11+,12?/m0/s1. The van der Waals surface area contributed by atoms with Crippen molar-refractivity contribution < 1.29 is 10.0 Å². The summed E-state index contributed by atoms with van der Waals surface area (Å²) in [6.45, 7) is 0.332. The van der Waals surface area contributed by atoms with Gasteiger partial charge in [0.1, 0.15) is 0 Å². The highest BCUT2D eigenvalue weighted by atomic mass is 16.6. The normalized spacial score (nSPS) is 29.4. The van der Waals surface area contributed by atoms with Crippen LogP contribution >= 0.6 is 0 Å². The summed E-state index contributed by atoms with van der Waals surface area (Å²) in [6, 6.07) is 8.61. The van der Waals surface area contributed by atoms with Gasteiger partial charge in [0.2, 0.25) is 6.04 Å². The second kappa shape index (κ2) is 4.81. The predicted octanol–water partition coefficient (Wildman–Crippen LogP) is 0.722. The summed E-state index contributed by atoms with van der Waals surface area (Å²) < 4.78 is 0. The molecular formula is C12H16N2O3. The number of aliphatic hydroxyl groups is 1. The van der Waals surface area contributed by atoms with E-state index in [0.29, 0.717) is 6.54 Å². The maximum absolute atomic E-state index is 11.1. The van der Waals surface area contributed by atoms with Gasteiger partial charge in [0.15, 0.2) is 0 Å². The number of likely N-dealkylation sites (tertiary alicyclic amines) is 1. The van der Waals surface area contributed by atoms with Crippen molar-refractivity contribution in [1.82, 2.24) is 4.90 Å². The lowest BCUT2D eigenvalue weighted by Gasteiger charge is -2.22. The molecule has 1 unspecified atom stereocenters. The Hall–Kier alpha value is -1.46. The van der Waals surface area contributed by atoms with E-state index < -0.39 is 6.04 Å². The first-order chi connectivity index (χ1) is 8.15. The van der Waals surface area contributed by atoms with Gasteiger partial charge in [-0.25, -0.2) is 0 Å². The molecule has 1 saturated heterocycles. The van der Waals surface area contributed by atoms with Crippen LogP contribution in [-0.2, 0) is 0 Å². The van der Waals surface area contributed by atoms with Crippen LogP contribution in [-0.4, -0.2) is 47.2 Å². The molecule has 0 aromatic heterocycles. The van der Waals surface area contributed by atoms with Crippen LogP contribution in [0.3, 0.4) is 0 Å². The van der Waals surface area contributed by atoms with Gasteiger partial charge in [0.05, 0.1) is 19.1 Å². The Balaban J connectivity index is 2.35. The monoisotopic (exact) mass is 236 g/mol. The van der Waals surface area contributed by atoms with Crippen LogP contribution in [0.1, 0.15) is 11.5 Å². The topological polar surface area (TPSA) is 66.6 Å². The summed E-state index contributed by atoms with van der Waals surface area (Å²) >= 11 is 0. The number of likely N-dealkylation sites (N-methyl/N-ethyl adjacent to an activating group) is 1. The largest absolute Gasteiger partial charge is 0.395 e. The molecular weight excluding hydrogens is 220 g/mol. The molecule has 0 bridgehead atoms. The van der Waals surface area contributed by atoms with Crippen LogP contribution in [0.15, 0.2) is 30.3 Å². The van der Waals surface area contributed by atoms with E-state index >= 15 is 0 Å². The summed E-state index contributed by atoms with van der Waals surface area (Å²) in [5, 5.41) is 20.5. The van der Waals surface area contributed by atoms with Crippen LogP contribution in [0.2, 0.25) is 0 Å². The summed E-state index contributed by atoms with van der Waals surface area (Å²) in [7, 11) is 1.82. The molecule has 2 rings (SSSR count). The number of hydrogen-bond acceptors (Lipinski definition) is 4. The van der Waals surface area contributed by atoms with E-state index in [1.165, 1.54) is 0 Å². The molecule has 1 N–H and O–H groups in total. The SMILES string of the molecule is CN1C[C@H]([N+](=O)[O-])C(c2ccccc2)[C@H]1CO. The molecule has 3 atom stereocenters. The van der Waals surface area contributed by atoms with E-state index in [2.05, 4.69) is 0 Å². The number of nitro groups is 1. The minimum atomic E-state index is -0.639. The zero-order chi connectivity index (χ0) is 12.4. The first kappa shape index (κ1) is 12.0. The third kappa shape index (κ3) is 2.16. The van der Waals surface area contributed by atoms with E-state index in [-0.39, 0.29) is 23.5 Å². The van der Waals surface area contributed by atoms with Gasteiger partial charge >= 0.3 is 0 Å².